The average Bonchev–Trinajstić information content (AvgIpc) is 3.09. The van der Waals surface area contributed by atoms with E-state index in [0.29, 0.717) is 19.5 Å². The monoisotopic (exact) mass is 353 g/mol. The fourth-order valence-corrected chi connectivity index (χ4v) is 3.16. The second-order valence-electron chi connectivity index (χ2n) is 6.61. The lowest BCUT2D eigenvalue weighted by atomic mass is 9.98. The van der Waals surface area contributed by atoms with E-state index in [4.69, 9.17) is 4.74 Å². The average molecular weight is 353 g/mol. The number of nitrogens with zero attached hydrogens (tertiary/aromatic N) is 2. The van der Waals surface area contributed by atoms with Gasteiger partial charge in [-0.05, 0) is 43.0 Å². The SMILES string of the molecule is CC1(C(=O)NCc2ccncc2)CCCN1C(=O)OCc1ccccc1. The number of rotatable bonds is 5. The van der Waals surface area contributed by atoms with Crippen LogP contribution < -0.4 is 5.32 Å². The Kier molecular flexibility index (Phi) is 5.51. The first-order chi connectivity index (χ1) is 12.6. The van der Waals surface area contributed by atoms with Gasteiger partial charge in [-0.2, -0.15) is 0 Å². The first-order valence-electron chi connectivity index (χ1n) is 8.75. The Morgan fingerprint density at radius 3 is 2.62 bits per heavy atom. The molecule has 136 valence electrons. The maximum Gasteiger partial charge on any atom is 0.410 e. The van der Waals surface area contributed by atoms with Crippen LogP contribution >= 0.6 is 0 Å². The van der Waals surface area contributed by atoms with Gasteiger partial charge in [0.05, 0.1) is 0 Å². The number of pyridine rings is 1. The van der Waals surface area contributed by atoms with Crippen molar-refractivity contribution < 1.29 is 14.3 Å². The second-order valence-corrected chi connectivity index (χ2v) is 6.61. The van der Waals surface area contributed by atoms with Crippen LogP contribution in [0.15, 0.2) is 54.9 Å². The van der Waals surface area contributed by atoms with Gasteiger partial charge in [0, 0.05) is 25.5 Å². The molecule has 0 aliphatic carbocycles. The van der Waals surface area contributed by atoms with Gasteiger partial charge < -0.3 is 10.1 Å². The highest BCUT2D eigenvalue weighted by molar-refractivity contribution is 5.90. The van der Waals surface area contributed by atoms with Gasteiger partial charge >= 0.3 is 6.09 Å². The standard InChI is InChI=1S/C20H23N3O3/c1-20(18(24)22-14-16-8-11-21-12-9-16)10-5-13-23(20)19(25)26-15-17-6-3-2-4-7-17/h2-4,6-9,11-12H,5,10,13-15H2,1H3,(H,22,24). The number of carbonyl (C=O) groups is 2. The molecule has 0 bridgehead atoms. The van der Waals surface area contributed by atoms with Crippen molar-refractivity contribution in [2.24, 2.45) is 0 Å². The van der Waals surface area contributed by atoms with Crippen LogP contribution in [0.2, 0.25) is 0 Å². The molecule has 1 saturated heterocycles. The number of nitrogens with one attached hydrogen (secondary N) is 1. The van der Waals surface area contributed by atoms with Gasteiger partial charge in [0.1, 0.15) is 12.1 Å². The lowest BCUT2D eigenvalue weighted by Crippen LogP contribution is -2.55. The lowest BCUT2D eigenvalue weighted by Gasteiger charge is -2.33. The molecule has 1 aromatic carbocycles. The van der Waals surface area contributed by atoms with Gasteiger partial charge in [-0.3, -0.25) is 14.7 Å². The van der Waals surface area contributed by atoms with E-state index < -0.39 is 11.6 Å². The van der Waals surface area contributed by atoms with E-state index in [9.17, 15) is 9.59 Å². The van der Waals surface area contributed by atoms with Crippen molar-refractivity contribution in [2.75, 3.05) is 6.54 Å². The van der Waals surface area contributed by atoms with Crippen molar-refractivity contribution in [3.05, 3.63) is 66.0 Å². The molecule has 1 atom stereocenters. The molecule has 3 rings (SSSR count). The number of carbonyl (C=O) groups excluding carboxylic acids is 2. The van der Waals surface area contributed by atoms with Crippen LogP contribution in [-0.4, -0.2) is 34.0 Å². The van der Waals surface area contributed by atoms with Crippen LogP contribution in [0.1, 0.15) is 30.9 Å². The van der Waals surface area contributed by atoms with Crippen LogP contribution in [0.25, 0.3) is 0 Å². The highest BCUT2D eigenvalue weighted by Gasteiger charge is 2.46. The summed E-state index contributed by atoms with van der Waals surface area (Å²) in [5, 5.41) is 2.92. The zero-order valence-electron chi connectivity index (χ0n) is 14.9. The third kappa shape index (κ3) is 4.02. The summed E-state index contributed by atoms with van der Waals surface area (Å²) < 4.78 is 5.42. The molecule has 1 unspecified atom stereocenters. The summed E-state index contributed by atoms with van der Waals surface area (Å²) in [5.74, 6) is -0.163. The second kappa shape index (κ2) is 7.99. The zero-order valence-corrected chi connectivity index (χ0v) is 14.9. The molecule has 0 radical (unpaired) electrons. The topological polar surface area (TPSA) is 71.5 Å². The Bertz CT molecular complexity index is 751. The minimum absolute atomic E-state index is 0.163. The van der Waals surface area contributed by atoms with Gasteiger partial charge in [0.15, 0.2) is 0 Å². The molecule has 0 saturated carbocycles. The molecular formula is C20H23N3O3. The van der Waals surface area contributed by atoms with Crippen LogP contribution in [0, 0.1) is 0 Å². The molecule has 6 heteroatoms. The maximum absolute atomic E-state index is 12.8. The fourth-order valence-electron chi connectivity index (χ4n) is 3.16. The van der Waals surface area contributed by atoms with Gasteiger partial charge in [-0.15, -0.1) is 0 Å². The van der Waals surface area contributed by atoms with Crippen molar-refractivity contribution in [1.29, 1.82) is 0 Å². The number of hydrogen-bond acceptors (Lipinski definition) is 4. The fraction of sp³-hybridized carbons (Fsp3) is 0.350. The molecule has 1 aliphatic rings. The van der Waals surface area contributed by atoms with Crippen LogP contribution in [0.3, 0.4) is 0 Å². The van der Waals surface area contributed by atoms with Crippen LogP contribution in [-0.2, 0) is 22.7 Å². The molecule has 0 spiro atoms. The minimum Gasteiger partial charge on any atom is -0.445 e. The summed E-state index contributed by atoms with van der Waals surface area (Å²) in [5.41, 5.74) is 0.998. The number of amides is 2. The Balaban J connectivity index is 1.59. The number of aromatic nitrogens is 1. The van der Waals surface area contributed by atoms with Crippen molar-refractivity contribution in [3.63, 3.8) is 0 Å². The highest BCUT2D eigenvalue weighted by atomic mass is 16.6. The Hall–Kier alpha value is -2.89. The largest absolute Gasteiger partial charge is 0.445 e. The van der Waals surface area contributed by atoms with E-state index in [2.05, 4.69) is 10.3 Å². The van der Waals surface area contributed by atoms with E-state index in [-0.39, 0.29) is 12.5 Å². The smallest absolute Gasteiger partial charge is 0.410 e. The van der Waals surface area contributed by atoms with E-state index in [1.807, 2.05) is 42.5 Å². The summed E-state index contributed by atoms with van der Waals surface area (Å²) in [7, 11) is 0. The third-order valence-corrected chi connectivity index (χ3v) is 4.76. The highest BCUT2D eigenvalue weighted by Crippen LogP contribution is 2.30. The van der Waals surface area contributed by atoms with Gasteiger partial charge in [-0.1, -0.05) is 30.3 Å². The molecule has 2 aromatic rings. The Morgan fingerprint density at radius 2 is 1.88 bits per heavy atom. The Labute approximate surface area is 153 Å². The van der Waals surface area contributed by atoms with Gasteiger partial charge in [0.2, 0.25) is 5.91 Å². The van der Waals surface area contributed by atoms with Crippen molar-refractivity contribution in [3.8, 4) is 0 Å². The Morgan fingerprint density at radius 1 is 1.15 bits per heavy atom. The van der Waals surface area contributed by atoms with Crippen molar-refractivity contribution in [1.82, 2.24) is 15.2 Å². The third-order valence-electron chi connectivity index (χ3n) is 4.76. The van der Waals surface area contributed by atoms with Gasteiger partial charge in [-0.25, -0.2) is 4.79 Å². The molecule has 1 aliphatic heterocycles. The predicted molar refractivity (Wildman–Crippen MR) is 97.1 cm³/mol. The number of hydrogen-bond donors (Lipinski definition) is 1. The summed E-state index contributed by atoms with van der Waals surface area (Å²) in [6.45, 7) is 2.92. The normalized spacial score (nSPS) is 19.2. The molecule has 6 nitrogen and oxygen atoms in total. The number of likely N-dealkylation sites (tertiary alicyclic amines) is 1. The molecule has 2 amide bonds. The quantitative estimate of drug-likeness (QED) is 0.897. The first kappa shape index (κ1) is 17.9. The molecule has 26 heavy (non-hydrogen) atoms. The lowest BCUT2D eigenvalue weighted by molar-refractivity contribution is -0.130. The number of ether oxygens (including phenoxy) is 1. The number of benzene rings is 1. The molecular weight excluding hydrogens is 330 g/mol. The van der Waals surface area contributed by atoms with E-state index >= 15 is 0 Å². The maximum atomic E-state index is 12.8. The van der Waals surface area contributed by atoms with E-state index in [1.165, 1.54) is 4.90 Å². The van der Waals surface area contributed by atoms with Gasteiger partial charge in [0.25, 0.3) is 0 Å². The zero-order chi connectivity index (χ0) is 18.4. The minimum atomic E-state index is -0.888. The summed E-state index contributed by atoms with van der Waals surface area (Å²) in [4.78, 5) is 30.8. The van der Waals surface area contributed by atoms with Crippen LogP contribution in [0.4, 0.5) is 4.79 Å². The summed E-state index contributed by atoms with van der Waals surface area (Å²) >= 11 is 0. The van der Waals surface area contributed by atoms with Crippen LogP contribution in [0.5, 0.6) is 0 Å². The van der Waals surface area contributed by atoms with E-state index in [0.717, 1.165) is 17.5 Å². The van der Waals surface area contributed by atoms with Crippen molar-refractivity contribution in [2.45, 2.75) is 38.5 Å². The molecule has 1 aromatic heterocycles. The molecule has 1 N–H and O–H groups in total. The summed E-state index contributed by atoms with van der Waals surface area (Å²) in [6, 6.07) is 13.2. The molecule has 1 fully saturated rings. The predicted octanol–water partition coefficient (Wildman–Crippen LogP) is 2.89. The van der Waals surface area contributed by atoms with E-state index in [1.54, 1.807) is 19.3 Å². The first-order valence-corrected chi connectivity index (χ1v) is 8.75. The summed E-state index contributed by atoms with van der Waals surface area (Å²) in [6.07, 6.45) is 4.32. The molecule has 2 heterocycles. The van der Waals surface area contributed by atoms with Crippen molar-refractivity contribution >= 4 is 12.0 Å².